The maximum atomic E-state index is 9.54. The minimum absolute atomic E-state index is 0.533. The lowest BCUT2D eigenvalue weighted by Crippen LogP contribution is -2.08. The van der Waals surface area contributed by atoms with Crippen molar-refractivity contribution in [2.75, 3.05) is 39.3 Å². The van der Waals surface area contributed by atoms with E-state index >= 15 is 0 Å². The van der Waals surface area contributed by atoms with Gasteiger partial charge in [-0.15, -0.1) is 0 Å². The third kappa shape index (κ3) is 4.24. The molecule has 0 unspecified atom stereocenters. The van der Waals surface area contributed by atoms with E-state index in [0.29, 0.717) is 24.5 Å². The molecule has 0 amide bonds. The average molecular weight is 310 g/mol. The maximum Gasteiger partial charge on any atom is 0.137 e. The second-order valence-electron chi connectivity index (χ2n) is 5.43. The van der Waals surface area contributed by atoms with Crippen molar-refractivity contribution < 1.29 is 9.47 Å². The van der Waals surface area contributed by atoms with E-state index in [2.05, 4.69) is 6.07 Å². The van der Waals surface area contributed by atoms with Crippen LogP contribution in [0.3, 0.4) is 0 Å². The molecule has 0 saturated carbocycles. The zero-order valence-electron chi connectivity index (χ0n) is 13.9. The van der Waals surface area contributed by atoms with E-state index in [4.69, 9.17) is 9.47 Å². The van der Waals surface area contributed by atoms with Gasteiger partial charge in [0.05, 0.1) is 6.61 Å². The first-order valence-corrected chi connectivity index (χ1v) is 7.60. The molecule has 4 nitrogen and oxygen atoms in total. The van der Waals surface area contributed by atoms with E-state index in [-0.39, 0.29) is 0 Å². The van der Waals surface area contributed by atoms with Crippen LogP contribution in [0.4, 0.5) is 5.69 Å². The molecule has 0 aliphatic carbocycles. The molecule has 0 saturated heterocycles. The summed E-state index contributed by atoms with van der Waals surface area (Å²) in [7, 11) is 5.67. The first kappa shape index (κ1) is 16.9. The predicted octanol–water partition coefficient (Wildman–Crippen LogP) is 3.71. The van der Waals surface area contributed by atoms with Gasteiger partial charge in [0.2, 0.25) is 0 Å². The molecule has 2 aromatic rings. The van der Waals surface area contributed by atoms with Crippen LogP contribution in [0.15, 0.2) is 42.5 Å². The lowest BCUT2D eigenvalue weighted by Gasteiger charge is -2.14. The highest BCUT2D eigenvalue weighted by Crippen LogP contribution is 2.31. The van der Waals surface area contributed by atoms with Crippen LogP contribution in [-0.2, 0) is 4.74 Å². The highest BCUT2D eigenvalue weighted by atomic mass is 16.5. The fraction of sp³-hybridized carbons (Fsp3) is 0.316. The Morgan fingerprint density at radius 3 is 2.39 bits per heavy atom. The fourth-order valence-electron chi connectivity index (χ4n) is 2.33. The van der Waals surface area contributed by atoms with Gasteiger partial charge in [0.1, 0.15) is 17.4 Å². The predicted molar refractivity (Wildman–Crippen MR) is 92.9 cm³/mol. The maximum absolute atomic E-state index is 9.54. The number of hydrogen-bond donors (Lipinski definition) is 0. The first-order chi connectivity index (χ1) is 11.2. The summed E-state index contributed by atoms with van der Waals surface area (Å²) in [5, 5.41) is 9.54. The first-order valence-electron chi connectivity index (χ1n) is 7.60. The molecule has 0 radical (unpaired) electrons. The number of anilines is 1. The number of rotatable bonds is 7. The lowest BCUT2D eigenvalue weighted by atomic mass is 9.99. The van der Waals surface area contributed by atoms with Gasteiger partial charge in [-0.1, -0.05) is 24.3 Å². The topological polar surface area (TPSA) is 45.5 Å². The van der Waals surface area contributed by atoms with Gasteiger partial charge in [0.15, 0.2) is 0 Å². The van der Waals surface area contributed by atoms with Crippen LogP contribution in [0.25, 0.3) is 11.1 Å². The van der Waals surface area contributed by atoms with Crippen LogP contribution in [0.2, 0.25) is 0 Å². The van der Waals surface area contributed by atoms with Crippen molar-refractivity contribution in [2.24, 2.45) is 0 Å². The van der Waals surface area contributed by atoms with Crippen LogP contribution >= 0.6 is 0 Å². The van der Waals surface area contributed by atoms with Gasteiger partial charge in [0, 0.05) is 45.5 Å². The number of hydrogen-bond acceptors (Lipinski definition) is 4. The molecule has 23 heavy (non-hydrogen) atoms. The van der Waals surface area contributed by atoms with Gasteiger partial charge >= 0.3 is 0 Å². The van der Waals surface area contributed by atoms with E-state index < -0.39 is 0 Å². The third-order valence-electron chi connectivity index (χ3n) is 3.58. The molecule has 0 atom stereocenters. The van der Waals surface area contributed by atoms with Crippen molar-refractivity contribution in [1.82, 2.24) is 0 Å². The standard InChI is InChI=1S/C19H22N2O2/c1-21(2)16-10-8-15(9-11-16)17-6-4-7-19(18(17)14-20)23-13-5-12-22-3/h4,6-11H,5,12-13H2,1-3H3. The van der Waals surface area contributed by atoms with Gasteiger partial charge < -0.3 is 14.4 Å². The summed E-state index contributed by atoms with van der Waals surface area (Å²) in [6.45, 7) is 1.18. The Bertz CT molecular complexity index is 673. The summed E-state index contributed by atoms with van der Waals surface area (Å²) < 4.78 is 10.8. The third-order valence-corrected chi connectivity index (χ3v) is 3.58. The molecule has 0 aliphatic rings. The van der Waals surface area contributed by atoms with Crippen LogP contribution in [0.5, 0.6) is 5.75 Å². The molecule has 0 N–H and O–H groups in total. The van der Waals surface area contributed by atoms with E-state index in [1.54, 1.807) is 7.11 Å². The zero-order valence-corrected chi connectivity index (χ0v) is 13.9. The van der Waals surface area contributed by atoms with E-state index in [9.17, 15) is 5.26 Å². The number of nitriles is 1. The second kappa shape index (κ2) is 8.21. The minimum Gasteiger partial charge on any atom is -0.492 e. The molecule has 0 bridgehead atoms. The summed E-state index contributed by atoms with van der Waals surface area (Å²) in [6, 6.07) is 16.1. The lowest BCUT2D eigenvalue weighted by molar-refractivity contribution is 0.172. The molecule has 0 spiro atoms. The molecule has 0 heterocycles. The fourth-order valence-corrected chi connectivity index (χ4v) is 2.33. The van der Waals surface area contributed by atoms with Crippen molar-refractivity contribution in [3.63, 3.8) is 0 Å². The quantitative estimate of drug-likeness (QED) is 0.731. The monoisotopic (exact) mass is 310 g/mol. The molecule has 2 aromatic carbocycles. The van der Waals surface area contributed by atoms with Crippen molar-refractivity contribution in [1.29, 1.82) is 5.26 Å². The Hall–Kier alpha value is -2.51. The molecular weight excluding hydrogens is 288 g/mol. The summed E-state index contributed by atoms with van der Waals surface area (Å²) in [5.74, 6) is 0.623. The van der Waals surface area contributed by atoms with Gasteiger partial charge in [-0.3, -0.25) is 0 Å². The van der Waals surface area contributed by atoms with E-state index in [1.807, 2.05) is 61.5 Å². The molecule has 0 aliphatic heterocycles. The van der Waals surface area contributed by atoms with Gasteiger partial charge in [-0.25, -0.2) is 0 Å². The van der Waals surface area contributed by atoms with Crippen molar-refractivity contribution >= 4 is 5.69 Å². The van der Waals surface area contributed by atoms with Gasteiger partial charge in [0.25, 0.3) is 0 Å². The Labute approximate surface area is 137 Å². The van der Waals surface area contributed by atoms with Gasteiger partial charge in [-0.05, 0) is 23.8 Å². The largest absolute Gasteiger partial charge is 0.492 e. The van der Waals surface area contributed by atoms with Gasteiger partial charge in [-0.2, -0.15) is 5.26 Å². The zero-order chi connectivity index (χ0) is 16.7. The molecule has 4 heteroatoms. The number of benzene rings is 2. The molecule has 0 fully saturated rings. The van der Waals surface area contributed by atoms with E-state index in [0.717, 1.165) is 23.2 Å². The Morgan fingerprint density at radius 1 is 1.04 bits per heavy atom. The average Bonchev–Trinajstić information content (AvgIpc) is 2.58. The van der Waals surface area contributed by atoms with Crippen LogP contribution < -0.4 is 9.64 Å². The van der Waals surface area contributed by atoms with Crippen LogP contribution in [0.1, 0.15) is 12.0 Å². The van der Waals surface area contributed by atoms with Crippen LogP contribution in [0, 0.1) is 11.3 Å². The molecular formula is C19H22N2O2. The minimum atomic E-state index is 0.533. The van der Waals surface area contributed by atoms with E-state index in [1.165, 1.54) is 0 Å². The highest BCUT2D eigenvalue weighted by molar-refractivity contribution is 5.74. The second-order valence-corrected chi connectivity index (χ2v) is 5.43. The van der Waals surface area contributed by atoms with Crippen molar-refractivity contribution in [3.05, 3.63) is 48.0 Å². The van der Waals surface area contributed by atoms with Crippen molar-refractivity contribution in [2.45, 2.75) is 6.42 Å². The normalized spacial score (nSPS) is 10.2. The number of ether oxygens (including phenoxy) is 2. The highest BCUT2D eigenvalue weighted by Gasteiger charge is 2.11. The summed E-state index contributed by atoms with van der Waals surface area (Å²) >= 11 is 0. The van der Waals surface area contributed by atoms with Crippen molar-refractivity contribution in [3.8, 4) is 22.9 Å². The summed E-state index contributed by atoms with van der Waals surface area (Å²) in [6.07, 6.45) is 0.795. The summed E-state index contributed by atoms with van der Waals surface area (Å²) in [5.41, 5.74) is 3.60. The smallest absolute Gasteiger partial charge is 0.137 e. The number of methoxy groups -OCH3 is 1. The number of nitrogens with zero attached hydrogens (tertiary/aromatic N) is 2. The molecule has 2 rings (SSSR count). The van der Waals surface area contributed by atoms with Crippen LogP contribution in [-0.4, -0.2) is 34.4 Å². The molecule has 0 aromatic heterocycles. The SMILES string of the molecule is COCCCOc1cccc(-c2ccc(N(C)C)cc2)c1C#N. The Kier molecular flexibility index (Phi) is 6.02. The molecule has 120 valence electrons. The summed E-state index contributed by atoms with van der Waals surface area (Å²) in [4.78, 5) is 2.05. The Morgan fingerprint density at radius 2 is 1.78 bits per heavy atom. The Balaban J connectivity index is 2.26.